The number of para-hydroxylation sites is 1. The number of nitrogens with zero attached hydrogens (tertiary/aromatic N) is 1. The Balaban J connectivity index is 1.70. The lowest BCUT2D eigenvalue weighted by Crippen LogP contribution is -2.28. The van der Waals surface area contributed by atoms with E-state index in [-0.39, 0.29) is 17.7 Å². The van der Waals surface area contributed by atoms with Gasteiger partial charge in [-0.15, -0.1) is 0 Å². The van der Waals surface area contributed by atoms with Crippen LogP contribution in [0.15, 0.2) is 47.6 Å². The molecule has 2 aromatic rings. The Hall–Kier alpha value is -2.80. The fraction of sp³-hybridized carbons (Fsp3) is 0.222. The number of hydrogen-bond acceptors (Lipinski definition) is 4. The summed E-state index contributed by atoms with van der Waals surface area (Å²) in [5.41, 5.74) is 1.19. The molecule has 1 N–H and O–H groups in total. The van der Waals surface area contributed by atoms with Crippen LogP contribution in [-0.4, -0.2) is 24.8 Å². The van der Waals surface area contributed by atoms with Gasteiger partial charge in [0.15, 0.2) is 0 Å². The Bertz CT molecular complexity index is 803. The van der Waals surface area contributed by atoms with E-state index in [2.05, 4.69) is 10.5 Å². The van der Waals surface area contributed by atoms with Crippen molar-refractivity contribution in [3.8, 4) is 0 Å². The summed E-state index contributed by atoms with van der Waals surface area (Å²) in [4.78, 5) is 17.5. The van der Waals surface area contributed by atoms with Gasteiger partial charge in [-0.05, 0) is 18.2 Å². The minimum Gasteiger partial charge on any atom is -0.382 e. The molecule has 0 aliphatic carbocycles. The lowest BCUT2D eigenvalue weighted by molar-refractivity contribution is -0.125. The average molecular weight is 346 g/mol. The summed E-state index contributed by atoms with van der Waals surface area (Å²) in [5, 5.41) is 6.42. The van der Waals surface area contributed by atoms with Gasteiger partial charge in [0, 0.05) is 24.8 Å². The zero-order chi connectivity index (χ0) is 17.8. The molecule has 2 aromatic carbocycles. The van der Waals surface area contributed by atoms with Crippen molar-refractivity contribution in [3.63, 3.8) is 0 Å². The first-order valence-corrected chi connectivity index (χ1v) is 7.65. The molecule has 1 aliphatic rings. The number of benzene rings is 2. The molecule has 25 heavy (non-hydrogen) atoms. The number of ether oxygens (including phenoxy) is 1. The van der Waals surface area contributed by atoms with Gasteiger partial charge in [0.25, 0.3) is 5.91 Å². The number of amides is 1. The number of hydrogen-bond donors (Lipinski definition) is 1. The van der Waals surface area contributed by atoms with Gasteiger partial charge >= 0.3 is 0 Å². The summed E-state index contributed by atoms with van der Waals surface area (Å²) in [7, 11) is 1.56. The highest BCUT2D eigenvalue weighted by Crippen LogP contribution is 2.23. The van der Waals surface area contributed by atoms with Crippen LogP contribution in [0.2, 0.25) is 0 Å². The summed E-state index contributed by atoms with van der Waals surface area (Å²) in [6, 6.07) is 10.7. The van der Waals surface area contributed by atoms with Crippen LogP contribution < -0.4 is 5.32 Å². The summed E-state index contributed by atoms with van der Waals surface area (Å²) in [6.45, 7) is 0.337. The number of halogens is 2. The molecule has 1 aliphatic heterocycles. The first kappa shape index (κ1) is 17.0. The lowest BCUT2D eigenvalue weighted by Gasteiger charge is -2.13. The molecule has 5 nitrogen and oxygen atoms in total. The minimum atomic E-state index is -0.954. The second-order valence-corrected chi connectivity index (χ2v) is 5.51. The van der Waals surface area contributed by atoms with E-state index < -0.39 is 23.6 Å². The highest BCUT2D eigenvalue weighted by molar-refractivity contribution is 6.06. The number of anilines is 1. The van der Waals surface area contributed by atoms with Crippen molar-refractivity contribution < 1.29 is 23.1 Å². The fourth-order valence-corrected chi connectivity index (χ4v) is 2.58. The maximum absolute atomic E-state index is 13.8. The van der Waals surface area contributed by atoms with Crippen LogP contribution in [0.4, 0.5) is 14.5 Å². The summed E-state index contributed by atoms with van der Waals surface area (Å²) < 4.78 is 32.7. The smallest absolute Gasteiger partial charge is 0.268 e. The van der Waals surface area contributed by atoms with Gasteiger partial charge in [-0.3, -0.25) is 4.79 Å². The molecule has 0 unspecified atom stereocenters. The van der Waals surface area contributed by atoms with E-state index in [1.807, 2.05) is 12.1 Å². The van der Waals surface area contributed by atoms with Gasteiger partial charge in [0.05, 0.1) is 17.9 Å². The van der Waals surface area contributed by atoms with Gasteiger partial charge in [-0.1, -0.05) is 29.4 Å². The van der Waals surface area contributed by atoms with E-state index in [0.717, 1.165) is 17.7 Å². The molecule has 1 atom stereocenters. The van der Waals surface area contributed by atoms with Crippen molar-refractivity contribution in [1.82, 2.24) is 0 Å². The number of carbonyl (C=O) groups is 1. The highest BCUT2D eigenvalue weighted by atomic mass is 19.1. The van der Waals surface area contributed by atoms with E-state index in [0.29, 0.717) is 12.3 Å². The van der Waals surface area contributed by atoms with Crippen molar-refractivity contribution in [2.75, 3.05) is 12.4 Å². The Morgan fingerprint density at radius 2 is 1.96 bits per heavy atom. The second kappa shape index (κ2) is 7.40. The average Bonchev–Trinajstić information content (AvgIpc) is 3.06. The largest absolute Gasteiger partial charge is 0.382 e. The molecule has 1 heterocycles. The molecule has 1 amide bonds. The van der Waals surface area contributed by atoms with Crippen molar-refractivity contribution in [1.29, 1.82) is 0 Å². The van der Waals surface area contributed by atoms with Crippen LogP contribution in [0.25, 0.3) is 0 Å². The summed E-state index contributed by atoms with van der Waals surface area (Å²) in [5.74, 6) is -1.93. The molecular formula is C18H16F2N2O3. The monoisotopic (exact) mass is 346 g/mol. The molecule has 0 radical (unpaired) electrons. The third-order valence-electron chi connectivity index (χ3n) is 3.79. The Morgan fingerprint density at radius 1 is 1.24 bits per heavy atom. The standard InChI is InChI=1S/C18H16F2N2O3/c1-24-10-11-5-2-3-8-14(11)21-18(23)16-9-15(22-25-16)17-12(19)6-4-7-13(17)20/h2-8,16H,9-10H2,1H3,(H,21,23)/t16-/m1/s1. The molecular weight excluding hydrogens is 330 g/mol. The Kier molecular flexibility index (Phi) is 5.04. The molecule has 7 heteroatoms. The number of methoxy groups -OCH3 is 1. The topological polar surface area (TPSA) is 59.9 Å². The van der Waals surface area contributed by atoms with Crippen LogP contribution >= 0.6 is 0 Å². The summed E-state index contributed by atoms with van der Waals surface area (Å²) in [6.07, 6.45) is -0.972. The molecule has 0 fully saturated rings. The fourth-order valence-electron chi connectivity index (χ4n) is 2.58. The van der Waals surface area contributed by atoms with Gasteiger partial charge in [0.1, 0.15) is 11.6 Å². The number of carbonyl (C=O) groups excluding carboxylic acids is 1. The van der Waals surface area contributed by atoms with Crippen LogP contribution in [0, 0.1) is 11.6 Å². The molecule has 0 bridgehead atoms. The van der Waals surface area contributed by atoms with Crippen LogP contribution in [0.5, 0.6) is 0 Å². The van der Waals surface area contributed by atoms with Gasteiger partial charge in [-0.25, -0.2) is 8.78 Å². The van der Waals surface area contributed by atoms with Crippen LogP contribution in [0.1, 0.15) is 17.5 Å². The zero-order valence-corrected chi connectivity index (χ0v) is 13.5. The van der Waals surface area contributed by atoms with Gasteiger partial charge in [0.2, 0.25) is 6.10 Å². The predicted molar refractivity (Wildman–Crippen MR) is 88.2 cm³/mol. The van der Waals surface area contributed by atoms with Crippen molar-refractivity contribution in [2.45, 2.75) is 19.1 Å². The first-order valence-electron chi connectivity index (χ1n) is 7.65. The Morgan fingerprint density at radius 3 is 2.68 bits per heavy atom. The van der Waals surface area contributed by atoms with E-state index in [1.165, 1.54) is 6.07 Å². The van der Waals surface area contributed by atoms with Crippen LogP contribution in [0.3, 0.4) is 0 Å². The maximum Gasteiger partial charge on any atom is 0.268 e. The normalized spacial score (nSPS) is 16.3. The van der Waals surface area contributed by atoms with Gasteiger partial charge in [-0.2, -0.15) is 0 Å². The molecule has 130 valence electrons. The molecule has 0 aromatic heterocycles. The summed E-state index contributed by atoms with van der Waals surface area (Å²) >= 11 is 0. The lowest BCUT2D eigenvalue weighted by atomic mass is 10.0. The van der Waals surface area contributed by atoms with E-state index in [4.69, 9.17) is 9.57 Å². The third kappa shape index (κ3) is 3.66. The van der Waals surface area contributed by atoms with Crippen molar-refractivity contribution in [2.24, 2.45) is 5.16 Å². The second-order valence-electron chi connectivity index (χ2n) is 5.51. The van der Waals surface area contributed by atoms with E-state index in [9.17, 15) is 13.6 Å². The minimum absolute atomic E-state index is 0.0177. The van der Waals surface area contributed by atoms with E-state index in [1.54, 1.807) is 19.2 Å². The van der Waals surface area contributed by atoms with Crippen LogP contribution in [-0.2, 0) is 21.0 Å². The number of oxime groups is 1. The maximum atomic E-state index is 13.8. The molecule has 0 saturated heterocycles. The molecule has 0 saturated carbocycles. The quantitative estimate of drug-likeness (QED) is 0.904. The molecule has 3 rings (SSSR count). The van der Waals surface area contributed by atoms with Crippen molar-refractivity contribution >= 4 is 17.3 Å². The first-order chi connectivity index (χ1) is 12.1. The number of nitrogens with one attached hydrogen (secondary N) is 1. The predicted octanol–water partition coefficient (Wildman–Crippen LogP) is 3.24. The van der Waals surface area contributed by atoms with Gasteiger partial charge < -0.3 is 14.9 Å². The third-order valence-corrected chi connectivity index (χ3v) is 3.79. The molecule has 0 spiro atoms. The van der Waals surface area contributed by atoms with E-state index >= 15 is 0 Å². The SMILES string of the molecule is COCc1ccccc1NC(=O)[C@H]1CC(c2c(F)cccc2F)=NO1. The Labute approximate surface area is 143 Å². The number of rotatable bonds is 5. The zero-order valence-electron chi connectivity index (χ0n) is 13.5. The van der Waals surface area contributed by atoms with Crippen molar-refractivity contribution in [3.05, 3.63) is 65.2 Å². The highest BCUT2D eigenvalue weighted by Gasteiger charge is 2.31.